The molecule has 1 N–H and O–H groups in total. The van der Waals surface area contributed by atoms with Crippen molar-refractivity contribution in [2.24, 2.45) is 0 Å². The fraction of sp³-hybridized carbons (Fsp3) is 0.667. The molecule has 0 bridgehead atoms. The van der Waals surface area contributed by atoms with Crippen LogP contribution in [0.4, 0.5) is 0 Å². The molecule has 0 saturated carbocycles. The molecule has 4 heteroatoms. The summed E-state index contributed by atoms with van der Waals surface area (Å²) in [6.07, 6.45) is 1.94. The van der Waals surface area contributed by atoms with Crippen molar-refractivity contribution in [3.05, 3.63) is 16.6 Å². The van der Waals surface area contributed by atoms with Gasteiger partial charge >= 0.3 is 0 Å². The zero-order chi connectivity index (χ0) is 9.52. The lowest BCUT2D eigenvalue weighted by Crippen LogP contribution is -2.28. The number of hydrogen-bond acceptors (Lipinski definition) is 4. The summed E-state index contributed by atoms with van der Waals surface area (Å²) < 4.78 is 0. The molecule has 0 radical (unpaired) electrons. The molecule has 1 rings (SSSR count). The topological polar surface area (TPSA) is 28.2 Å². The van der Waals surface area contributed by atoms with E-state index in [1.54, 1.807) is 11.3 Å². The average Bonchev–Trinajstić information content (AvgIpc) is 2.57. The standard InChI is InChI=1S/C9H17N3S/c1-3-10-4-5-12(2)7-9-6-11-8-13-9/h6,8,10H,3-5,7H2,1-2H3. The minimum absolute atomic E-state index is 1.01. The summed E-state index contributed by atoms with van der Waals surface area (Å²) in [6.45, 7) is 6.34. The van der Waals surface area contributed by atoms with Crippen LogP contribution in [0.1, 0.15) is 11.8 Å². The smallest absolute Gasteiger partial charge is 0.0794 e. The Labute approximate surface area is 83.8 Å². The lowest BCUT2D eigenvalue weighted by atomic mass is 10.4. The number of nitrogens with one attached hydrogen (secondary N) is 1. The predicted molar refractivity (Wildman–Crippen MR) is 57.0 cm³/mol. The summed E-state index contributed by atoms with van der Waals surface area (Å²) in [5.41, 5.74) is 1.88. The molecule has 0 atom stereocenters. The van der Waals surface area contributed by atoms with Gasteiger partial charge in [-0.25, -0.2) is 0 Å². The minimum atomic E-state index is 1.01. The monoisotopic (exact) mass is 199 g/mol. The average molecular weight is 199 g/mol. The maximum atomic E-state index is 4.05. The highest BCUT2D eigenvalue weighted by Crippen LogP contribution is 2.07. The van der Waals surface area contributed by atoms with Gasteiger partial charge in [-0.3, -0.25) is 9.88 Å². The van der Waals surface area contributed by atoms with Crippen LogP contribution in [0.2, 0.25) is 0 Å². The maximum Gasteiger partial charge on any atom is 0.0794 e. The van der Waals surface area contributed by atoms with Crippen molar-refractivity contribution in [1.29, 1.82) is 0 Å². The Kier molecular flexibility index (Phi) is 4.97. The van der Waals surface area contributed by atoms with Crippen LogP contribution in [0, 0.1) is 0 Å². The predicted octanol–water partition coefficient (Wildman–Crippen LogP) is 1.18. The van der Waals surface area contributed by atoms with E-state index in [1.165, 1.54) is 4.88 Å². The first-order valence-corrected chi connectivity index (χ1v) is 5.47. The highest BCUT2D eigenvalue weighted by molar-refractivity contribution is 7.09. The molecule has 0 amide bonds. The fourth-order valence-electron chi connectivity index (χ4n) is 1.11. The third-order valence-corrected chi connectivity index (χ3v) is 2.59. The summed E-state index contributed by atoms with van der Waals surface area (Å²) >= 11 is 1.72. The van der Waals surface area contributed by atoms with Gasteiger partial charge in [-0.2, -0.15) is 0 Å². The second kappa shape index (κ2) is 6.07. The Bertz CT molecular complexity index is 211. The SMILES string of the molecule is CCNCCN(C)Cc1cncs1. The number of likely N-dealkylation sites (N-methyl/N-ethyl adjacent to an activating group) is 2. The van der Waals surface area contributed by atoms with E-state index in [-0.39, 0.29) is 0 Å². The first kappa shape index (κ1) is 10.6. The number of hydrogen-bond donors (Lipinski definition) is 1. The van der Waals surface area contributed by atoms with E-state index >= 15 is 0 Å². The van der Waals surface area contributed by atoms with Crippen LogP contribution in [0.5, 0.6) is 0 Å². The number of rotatable bonds is 6. The Balaban J connectivity index is 2.14. The Morgan fingerprint density at radius 2 is 2.46 bits per heavy atom. The highest BCUT2D eigenvalue weighted by Gasteiger charge is 2.00. The molecular formula is C9H17N3S. The maximum absolute atomic E-state index is 4.05. The van der Waals surface area contributed by atoms with Crippen molar-refractivity contribution in [1.82, 2.24) is 15.2 Å². The van der Waals surface area contributed by atoms with Crippen molar-refractivity contribution in [3.8, 4) is 0 Å². The summed E-state index contributed by atoms with van der Waals surface area (Å²) in [7, 11) is 2.14. The van der Waals surface area contributed by atoms with Crippen molar-refractivity contribution < 1.29 is 0 Å². The number of thiazole rings is 1. The van der Waals surface area contributed by atoms with Crippen molar-refractivity contribution in [2.45, 2.75) is 13.5 Å². The summed E-state index contributed by atoms with van der Waals surface area (Å²) in [4.78, 5) is 7.68. The largest absolute Gasteiger partial charge is 0.316 e. The first-order valence-electron chi connectivity index (χ1n) is 4.59. The lowest BCUT2D eigenvalue weighted by Gasteiger charge is -2.14. The zero-order valence-electron chi connectivity index (χ0n) is 8.29. The van der Waals surface area contributed by atoms with E-state index in [0.717, 1.165) is 26.2 Å². The van der Waals surface area contributed by atoms with E-state index in [4.69, 9.17) is 0 Å². The van der Waals surface area contributed by atoms with Gasteiger partial charge in [0.25, 0.3) is 0 Å². The molecule has 74 valence electrons. The van der Waals surface area contributed by atoms with Crippen molar-refractivity contribution >= 4 is 11.3 Å². The number of aromatic nitrogens is 1. The normalized spacial score (nSPS) is 11.0. The number of nitrogens with zero attached hydrogens (tertiary/aromatic N) is 2. The van der Waals surface area contributed by atoms with Gasteiger partial charge in [0.2, 0.25) is 0 Å². The molecule has 0 saturated heterocycles. The zero-order valence-corrected chi connectivity index (χ0v) is 9.10. The quantitative estimate of drug-likeness (QED) is 0.697. The Hall–Kier alpha value is -0.450. The van der Waals surface area contributed by atoms with Gasteiger partial charge in [0.05, 0.1) is 5.51 Å². The van der Waals surface area contributed by atoms with Crippen LogP contribution in [0.15, 0.2) is 11.7 Å². The van der Waals surface area contributed by atoms with Gasteiger partial charge in [0.1, 0.15) is 0 Å². The Morgan fingerprint density at radius 1 is 1.62 bits per heavy atom. The molecule has 0 aromatic carbocycles. The minimum Gasteiger partial charge on any atom is -0.316 e. The molecular weight excluding hydrogens is 182 g/mol. The summed E-state index contributed by atoms with van der Waals surface area (Å²) in [5, 5.41) is 3.30. The van der Waals surface area contributed by atoms with Crippen molar-refractivity contribution in [3.63, 3.8) is 0 Å². The molecule has 13 heavy (non-hydrogen) atoms. The molecule has 1 heterocycles. The molecule has 0 aliphatic rings. The molecule has 0 aliphatic carbocycles. The van der Waals surface area contributed by atoms with Crippen LogP contribution in [0.25, 0.3) is 0 Å². The van der Waals surface area contributed by atoms with E-state index in [2.05, 4.69) is 29.2 Å². The fourth-order valence-corrected chi connectivity index (χ4v) is 1.79. The highest BCUT2D eigenvalue weighted by atomic mass is 32.1. The second-order valence-corrected chi connectivity index (χ2v) is 4.03. The molecule has 3 nitrogen and oxygen atoms in total. The van der Waals surface area contributed by atoms with E-state index < -0.39 is 0 Å². The molecule has 1 aromatic rings. The van der Waals surface area contributed by atoms with E-state index in [1.807, 2.05) is 11.7 Å². The van der Waals surface area contributed by atoms with E-state index in [0.29, 0.717) is 0 Å². The Morgan fingerprint density at radius 3 is 3.08 bits per heavy atom. The van der Waals surface area contributed by atoms with Gasteiger partial charge in [0, 0.05) is 30.7 Å². The summed E-state index contributed by atoms with van der Waals surface area (Å²) in [5.74, 6) is 0. The van der Waals surface area contributed by atoms with Gasteiger partial charge in [-0.15, -0.1) is 11.3 Å². The summed E-state index contributed by atoms with van der Waals surface area (Å²) in [6, 6.07) is 0. The molecule has 1 aromatic heterocycles. The van der Waals surface area contributed by atoms with Gasteiger partial charge in [-0.05, 0) is 13.6 Å². The van der Waals surface area contributed by atoms with Gasteiger partial charge in [0.15, 0.2) is 0 Å². The van der Waals surface area contributed by atoms with Crippen LogP contribution in [0.3, 0.4) is 0 Å². The third kappa shape index (κ3) is 4.36. The molecule has 0 spiro atoms. The van der Waals surface area contributed by atoms with Crippen LogP contribution >= 0.6 is 11.3 Å². The van der Waals surface area contributed by atoms with Crippen LogP contribution in [-0.4, -0.2) is 36.6 Å². The molecule has 0 unspecified atom stereocenters. The van der Waals surface area contributed by atoms with Gasteiger partial charge in [-0.1, -0.05) is 6.92 Å². The van der Waals surface area contributed by atoms with Crippen LogP contribution in [-0.2, 0) is 6.54 Å². The molecule has 0 fully saturated rings. The lowest BCUT2D eigenvalue weighted by molar-refractivity contribution is 0.328. The molecule has 0 aliphatic heterocycles. The van der Waals surface area contributed by atoms with E-state index in [9.17, 15) is 0 Å². The van der Waals surface area contributed by atoms with Crippen molar-refractivity contribution in [2.75, 3.05) is 26.7 Å². The van der Waals surface area contributed by atoms with Crippen LogP contribution < -0.4 is 5.32 Å². The van der Waals surface area contributed by atoms with Gasteiger partial charge < -0.3 is 5.32 Å². The third-order valence-electron chi connectivity index (χ3n) is 1.83. The first-order chi connectivity index (χ1) is 6.33. The second-order valence-electron chi connectivity index (χ2n) is 3.06.